The van der Waals surface area contributed by atoms with Crippen LogP contribution in [0, 0.1) is 0 Å². The Morgan fingerprint density at radius 2 is 1.27 bits per heavy atom. The summed E-state index contributed by atoms with van der Waals surface area (Å²) in [6.07, 6.45) is -2.41. The van der Waals surface area contributed by atoms with Crippen LogP contribution in [0.3, 0.4) is 0 Å². The number of Topliss-reactive ketones (excluding diaryl/α,β-unsaturated/α-hetero) is 1. The van der Waals surface area contributed by atoms with Gasteiger partial charge < -0.3 is 28.8 Å². The van der Waals surface area contributed by atoms with Crippen molar-refractivity contribution in [2.75, 3.05) is 13.7 Å². The van der Waals surface area contributed by atoms with Gasteiger partial charge in [-0.05, 0) is 30.5 Å². The molecule has 0 radical (unpaired) electrons. The van der Waals surface area contributed by atoms with Gasteiger partial charge in [0.05, 0.1) is 36.6 Å². The molecular formula is C33H38O7S. The molecule has 3 aromatic carbocycles. The van der Waals surface area contributed by atoms with Crippen molar-refractivity contribution < 1.29 is 33.6 Å². The van der Waals surface area contributed by atoms with Crippen molar-refractivity contribution in [2.45, 2.75) is 63.5 Å². The van der Waals surface area contributed by atoms with Crippen LogP contribution in [0.5, 0.6) is 0 Å². The van der Waals surface area contributed by atoms with E-state index < -0.39 is 29.9 Å². The molecule has 1 heterocycles. The first kappa shape index (κ1) is 31.0. The maximum atomic E-state index is 12.5. The Kier molecular flexibility index (Phi) is 12.0. The number of hydrogen-bond acceptors (Lipinski definition) is 8. The SMILES string of the molecule is CO[C@@H]1O[C@H](COCc2ccccc2)[C@@H](OCc2ccccc2)[C@H](OCc2ccccc2)[C@H]1S/C(C(C)=O)=C(\C)O. The number of ketones is 1. The normalized spacial score (nSPS) is 23.1. The van der Waals surface area contributed by atoms with E-state index in [-0.39, 0.29) is 23.1 Å². The zero-order valence-corrected chi connectivity index (χ0v) is 24.5. The summed E-state index contributed by atoms with van der Waals surface area (Å²) in [7, 11) is 1.56. The summed E-state index contributed by atoms with van der Waals surface area (Å²) in [5.74, 6) is -0.309. The van der Waals surface area contributed by atoms with Gasteiger partial charge in [0.1, 0.15) is 24.1 Å². The maximum absolute atomic E-state index is 12.5. The van der Waals surface area contributed by atoms with E-state index in [1.54, 1.807) is 7.11 Å². The van der Waals surface area contributed by atoms with Crippen molar-refractivity contribution in [2.24, 2.45) is 0 Å². The lowest BCUT2D eigenvalue weighted by atomic mass is 10.00. The highest BCUT2D eigenvalue weighted by Gasteiger charge is 2.49. The highest BCUT2D eigenvalue weighted by Crippen LogP contribution is 2.39. The number of thioether (sulfide) groups is 1. The Morgan fingerprint density at radius 3 is 1.73 bits per heavy atom. The van der Waals surface area contributed by atoms with Crippen molar-refractivity contribution in [1.29, 1.82) is 0 Å². The number of aliphatic hydroxyl groups is 1. The Balaban J connectivity index is 1.64. The first-order valence-electron chi connectivity index (χ1n) is 13.6. The largest absolute Gasteiger partial charge is 0.511 e. The molecule has 0 saturated carbocycles. The van der Waals surface area contributed by atoms with Gasteiger partial charge in [-0.15, -0.1) is 11.8 Å². The molecular weight excluding hydrogens is 540 g/mol. The second kappa shape index (κ2) is 15.9. The number of aliphatic hydroxyl groups excluding tert-OH is 1. The molecule has 3 aromatic rings. The van der Waals surface area contributed by atoms with Crippen molar-refractivity contribution in [1.82, 2.24) is 0 Å². The number of carbonyl (C=O) groups is 1. The molecule has 1 saturated heterocycles. The molecule has 7 nitrogen and oxygen atoms in total. The molecule has 41 heavy (non-hydrogen) atoms. The van der Waals surface area contributed by atoms with E-state index in [9.17, 15) is 9.90 Å². The lowest BCUT2D eigenvalue weighted by molar-refractivity contribution is -0.268. The molecule has 4 rings (SSSR count). The number of rotatable bonds is 14. The Hall–Kier alpha value is -2.98. The third-order valence-corrected chi connectivity index (χ3v) is 8.27. The number of allylic oxidation sites excluding steroid dienone is 2. The van der Waals surface area contributed by atoms with Crippen LogP contribution in [0.25, 0.3) is 0 Å². The Labute approximate surface area is 246 Å². The van der Waals surface area contributed by atoms with E-state index in [0.29, 0.717) is 19.8 Å². The first-order chi connectivity index (χ1) is 20.0. The summed E-state index contributed by atoms with van der Waals surface area (Å²) in [5, 5.41) is 9.81. The third-order valence-electron chi connectivity index (χ3n) is 6.69. The fourth-order valence-electron chi connectivity index (χ4n) is 4.68. The summed E-state index contributed by atoms with van der Waals surface area (Å²) in [6, 6.07) is 29.7. The zero-order chi connectivity index (χ0) is 29.0. The van der Waals surface area contributed by atoms with Crippen LogP contribution < -0.4 is 0 Å². The molecule has 8 heteroatoms. The smallest absolute Gasteiger partial charge is 0.172 e. The van der Waals surface area contributed by atoms with Crippen molar-refractivity contribution in [3.63, 3.8) is 0 Å². The van der Waals surface area contributed by atoms with E-state index in [1.807, 2.05) is 91.0 Å². The number of carbonyl (C=O) groups excluding carboxylic acids is 1. The summed E-state index contributed by atoms with van der Waals surface area (Å²) in [5.41, 5.74) is 3.05. The molecule has 0 spiro atoms. The summed E-state index contributed by atoms with van der Waals surface area (Å²) < 4.78 is 31.5. The quantitative estimate of drug-likeness (QED) is 0.178. The van der Waals surface area contributed by atoms with Gasteiger partial charge in [0.2, 0.25) is 0 Å². The van der Waals surface area contributed by atoms with Gasteiger partial charge in [0.15, 0.2) is 12.1 Å². The van der Waals surface area contributed by atoms with Crippen molar-refractivity contribution >= 4 is 17.5 Å². The van der Waals surface area contributed by atoms with Gasteiger partial charge in [0.25, 0.3) is 0 Å². The van der Waals surface area contributed by atoms with Gasteiger partial charge in [-0.2, -0.15) is 0 Å². The Morgan fingerprint density at radius 1 is 0.780 bits per heavy atom. The van der Waals surface area contributed by atoms with Crippen LogP contribution in [0.1, 0.15) is 30.5 Å². The fourth-order valence-corrected chi connectivity index (χ4v) is 5.94. The average molecular weight is 579 g/mol. The third kappa shape index (κ3) is 9.00. The topological polar surface area (TPSA) is 83.5 Å². The number of methoxy groups -OCH3 is 1. The van der Waals surface area contributed by atoms with Gasteiger partial charge in [-0.3, -0.25) is 4.79 Å². The lowest BCUT2D eigenvalue weighted by Gasteiger charge is -2.45. The molecule has 1 fully saturated rings. The van der Waals surface area contributed by atoms with Gasteiger partial charge in [0, 0.05) is 7.11 Å². The number of hydrogen-bond donors (Lipinski definition) is 1. The van der Waals surface area contributed by atoms with Crippen LogP contribution >= 0.6 is 11.8 Å². The molecule has 218 valence electrons. The fraction of sp³-hybridized carbons (Fsp3) is 0.364. The van der Waals surface area contributed by atoms with Gasteiger partial charge >= 0.3 is 0 Å². The minimum atomic E-state index is -0.753. The van der Waals surface area contributed by atoms with Crippen LogP contribution in [-0.4, -0.2) is 54.5 Å². The lowest BCUT2D eigenvalue weighted by Crippen LogP contribution is -2.59. The van der Waals surface area contributed by atoms with Gasteiger partial charge in [-0.1, -0.05) is 91.0 Å². The molecule has 0 bridgehead atoms. The van der Waals surface area contributed by atoms with E-state index in [4.69, 9.17) is 23.7 Å². The maximum Gasteiger partial charge on any atom is 0.172 e. The van der Waals surface area contributed by atoms with Crippen LogP contribution in [0.2, 0.25) is 0 Å². The summed E-state index contributed by atoms with van der Waals surface area (Å²) in [4.78, 5) is 12.7. The summed E-state index contributed by atoms with van der Waals surface area (Å²) in [6.45, 7) is 4.23. The van der Waals surface area contributed by atoms with Crippen molar-refractivity contribution in [3.05, 3.63) is 118 Å². The highest BCUT2D eigenvalue weighted by atomic mass is 32.2. The van der Waals surface area contributed by atoms with E-state index >= 15 is 0 Å². The first-order valence-corrected chi connectivity index (χ1v) is 14.5. The molecule has 5 atom stereocenters. The second-order valence-electron chi connectivity index (χ2n) is 9.85. The van der Waals surface area contributed by atoms with Crippen LogP contribution in [-0.2, 0) is 48.3 Å². The van der Waals surface area contributed by atoms with Crippen molar-refractivity contribution in [3.8, 4) is 0 Å². The highest BCUT2D eigenvalue weighted by molar-refractivity contribution is 8.04. The standard InChI is InChI=1S/C33H38O7S/c1-23(34)31(24(2)35)41-32-30(39-21-27-17-11-6-12-18-27)29(38-20-26-15-9-5-10-16-26)28(40-33(32)36-3)22-37-19-25-13-7-4-8-14-25/h4-18,28-30,32-34H,19-22H2,1-3H3/b31-23+/t28-,29-,30+,32-,33-/m1/s1. The van der Waals surface area contributed by atoms with Crippen LogP contribution in [0.4, 0.5) is 0 Å². The molecule has 1 N–H and O–H groups in total. The van der Waals surface area contributed by atoms with Crippen LogP contribution in [0.15, 0.2) is 102 Å². The predicted molar refractivity (Wildman–Crippen MR) is 159 cm³/mol. The molecule has 1 aliphatic heterocycles. The van der Waals surface area contributed by atoms with E-state index in [1.165, 1.54) is 25.6 Å². The minimum Gasteiger partial charge on any atom is -0.511 e. The molecule has 0 unspecified atom stereocenters. The summed E-state index contributed by atoms with van der Waals surface area (Å²) >= 11 is 1.19. The average Bonchev–Trinajstić information content (AvgIpc) is 2.99. The van der Waals surface area contributed by atoms with E-state index in [2.05, 4.69) is 0 Å². The zero-order valence-electron chi connectivity index (χ0n) is 23.7. The molecule has 0 aliphatic carbocycles. The minimum absolute atomic E-state index is 0.0609. The predicted octanol–water partition coefficient (Wildman–Crippen LogP) is 6.23. The molecule has 1 aliphatic rings. The number of ether oxygens (including phenoxy) is 5. The Bertz CT molecular complexity index is 1230. The monoisotopic (exact) mass is 578 g/mol. The molecule has 0 aromatic heterocycles. The molecule has 0 amide bonds. The number of benzene rings is 3. The second-order valence-corrected chi connectivity index (χ2v) is 11.0. The van der Waals surface area contributed by atoms with E-state index in [0.717, 1.165) is 16.7 Å². The van der Waals surface area contributed by atoms with Gasteiger partial charge in [-0.25, -0.2) is 0 Å².